The van der Waals surface area contributed by atoms with E-state index in [1.165, 1.54) is 0 Å². The third kappa shape index (κ3) is 3.61. The molecular formula is C19H26N2O3. The van der Waals surface area contributed by atoms with Gasteiger partial charge in [-0.1, -0.05) is 13.3 Å². The van der Waals surface area contributed by atoms with Crippen LogP contribution in [-0.4, -0.2) is 36.1 Å². The van der Waals surface area contributed by atoms with Gasteiger partial charge in [0.15, 0.2) is 0 Å². The van der Waals surface area contributed by atoms with E-state index in [0.29, 0.717) is 31.0 Å². The second-order valence-corrected chi connectivity index (χ2v) is 6.89. The Bertz CT molecular complexity index is 629. The van der Waals surface area contributed by atoms with Crippen molar-refractivity contribution in [2.75, 3.05) is 18.0 Å². The number of amides is 2. The lowest BCUT2D eigenvalue weighted by Crippen LogP contribution is -2.33. The lowest BCUT2D eigenvalue weighted by molar-refractivity contribution is -0.118. The number of benzene rings is 1. The van der Waals surface area contributed by atoms with Gasteiger partial charge in [0.05, 0.1) is 6.10 Å². The minimum Gasteiger partial charge on any atom is -0.393 e. The summed E-state index contributed by atoms with van der Waals surface area (Å²) in [4.78, 5) is 26.1. The predicted molar refractivity (Wildman–Crippen MR) is 93.1 cm³/mol. The van der Waals surface area contributed by atoms with E-state index in [9.17, 15) is 14.7 Å². The summed E-state index contributed by atoms with van der Waals surface area (Å²) in [6.45, 7) is 3.19. The number of rotatable bonds is 4. The van der Waals surface area contributed by atoms with Crippen LogP contribution in [0.1, 0.15) is 54.9 Å². The third-order valence-corrected chi connectivity index (χ3v) is 5.15. The van der Waals surface area contributed by atoms with Crippen molar-refractivity contribution in [2.24, 2.45) is 5.92 Å². The third-order valence-electron chi connectivity index (χ3n) is 5.15. The number of aliphatic hydroxyl groups excluding tert-OH is 1. The number of carbonyl (C=O) groups is 2. The van der Waals surface area contributed by atoms with Gasteiger partial charge in [-0.15, -0.1) is 0 Å². The minimum atomic E-state index is -0.220. The molecule has 24 heavy (non-hydrogen) atoms. The Morgan fingerprint density at radius 1 is 1.33 bits per heavy atom. The van der Waals surface area contributed by atoms with Gasteiger partial charge in [0.1, 0.15) is 0 Å². The van der Waals surface area contributed by atoms with E-state index in [1.807, 2.05) is 19.1 Å². The molecule has 0 aromatic heterocycles. The number of anilines is 1. The molecule has 5 heteroatoms. The molecule has 2 aliphatic rings. The number of carbonyl (C=O) groups excluding carboxylic acids is 2. The van der Waals surface area contributed by atoms with Crippen molar-refractivity contribution in [3.05, 3.63) is 29.3 Å². The number of nitrogens with one attached hydrogen (secondary N) is 1. The molecule has 1 heterocycles. The van der Waals surface area contributed by atoms with Crippen LogP contribution in [0.2, 0.25) is 0 Å². The second-order valence-electron chi connectivity index (χ2n) is 6.89. The molecule has 0 bridgehead atoms. The van der Waals surface area contributed by atoms with Crippen LogP contribution >= 0.6 is 0 Å². The number of nitrogens with zero attached hydrogens (tertiary/aromatic N) is 1. The van der Waals surface area contributed by atoms with E-state index >= 15 is 0 Å². The quantitative estimate of drug-likeness (QED) is 0.890. The number of fused-ring (bicyclic) bond motifs is 1. The summed E-state index contributed by atoms with van der Waals surface area (Å²) in [5, 5.41) is 12.7. The zero-order valence-corrected chi connectivity index (χ0v) is 14.3. The summed E-state index contributed by atoms with van der Waals surface area (Å²) in [6.07, 6.45) is 4.83. The molecule has 3 rings (SSSR count). The van der Waals surface area contributed by atoms with Crippen molar-refractivity contribution in [1.29, 1.82) is 0 Å². The summed E-state index contributed by atoms with van der Waals surface area (Å²) in [7, 11) is 0. The van der Waals surface area contributed by atoms with Gasteiger partial charge >= 0.3 is 0 Å². The average Bonchev–Trinajstić information content (AvgIpc) is 3.02. The van der Waals surface area contributed by atoms with E-state index < -0.39 is 0 Å². The normalized spacial score (nSPS) is 23.0. The Balaban J connectivity index is 1.61. The van der Waals surface area contributed by atoms with Crippen molar-refractivity contribution in [1.82, 2.24) is 5.32 Å². The van der Waals surface area contributed by atoms with Gasteiger partial charge in [-0.05, 0) is 55.4 Å². The molecule has 2 amide bonds. The monoisotopic (exact) mass is 330 g/mol. The Morgan fingerprint density at radius 3 is 2.92 bits per heavy atom. The van der Waals surface area contributed by atoms with E-state index in [1.54, 1.807) is 11.0 Å². The molecule has 1 aromatic rings. The fourth-order valence-corrected chi connectivity index (χ4v) is 3.78. The van der Waals surface area contributed by atoms with Crippen molar-refractivity contribution in [2.45, 2.75) is 51.6 Å². The molecule has 1 fully saturated rings. The van der Waals surface area contributed by atoms with Crippen LogP contribution in [0.4, 0.5) is 5.69 Å². The first kappa shape index (κ1) is 17.0. The van der Waals surface area contributed by atoms with Crippen LogP contribution in [0.15, 0.2) is 18.2 Å². The van der Waals surface area contributed by atoms with Gasteiger partial charge in [0, 0.05) is 30.8 Å². The molecule has 1 aliphatic carbocycles. The van der Waals surface area contributed by atoms with Crippen LogP contribution in [0, 0.1) is 5.92 Å². The van der Waals surface area contributed by atoms with E-state index in [-0.39, 0.29) is 17.9 Å². The smallest absolute Gasteiger partial charge is 0.251 e. The van der Waals surface area contributed by atoms with Crippen LogP contribution in [0.3, 0.4) is 0 Å². The van der Waals surface area contributed by atoms with Crippen molar-refractivity contribution < 1.29 is 14.7 Å². The van der Waals surface area contributed by atoms with Crippen molar-refractivity contribution in [3.8, 4) is 0 Å². The van der Waals surface area contributed by atoms with Crippen molar-refractivity contribution >= 4 is 17.5 Å². The maximum atomic E-state index is 12.4. The molecule has 1 saturated carbocycles. The highest BCUT2D eigenvalue weighted by molar-refractivity contribution is 5.98. The second kappa shape index (κ2) is 7.34. The zero-order valence-electron chi connectivity index (χ0n) is 14.3. The first-order valence-electron chi connectivity index (χ1n) is 8.98. The highest BCUT2D eigenvalue weighted by Gasteiger charge is 2.25. The highest BCUT2D eigenvalue weighted by atomic mass is 16.3. The Hall–Kier alpha value is -1.88. The maximum absolute atomic E-state index is 12.4. The molecular weight excluding hydrogens is 304 g/mol. The van der Waals surface area contributed by atoms with Crippen LogP contribution in [0.5, 0.6) is 0 Å². The Labute approximate surface area is 143 Å². The molecule has 0 spiro atoms. The minimum absolute atomic E-state index is 0.0712. The lowest BCUT2D eigenvalue weighted by atomic mass is 9.87. The van der Waals surface area contributed by atoms with Crippen LogP contribution in [-0.2, 0) is 11.2 Å². The van der Waals surface area contributed by atoms with Crippen molar-refractivity contribution in [3.63, 3.8) is 0 Å². The van der Waals surface area contributed by atoms with Gasteiger partial charge in [0.2, 0.25) is 5.91 Å². The zero-order chi connectivity index (χ0) is 17.1. The summed E-state index contributed by atoms with van der Waals surface area (Å²) >= 11 is 0. The summed E-state index contributed by atoms with van der Waals surface area (Å²) in [5.74, 6) is 0.421. The largest absolute Gasteiger partial charge is 0.393 e. The summed E-state index contributed by atoms with van der Waals surface area (Å²) in [6, 6.07) is 5.59. The van der Waals surface area contributed by atoms with Crippen LogP contribution in [0.25, 0.3) is 0 Å². The van der Waals surface area contributed by atoms with E-state index in [2.05, 4.69) is 5.32 Å². The van der Waals surface area contributed by atoms with E-state index in [4.69, 9.17) is 0 Å². The lowest BCUT2D eigenvalue weighted by Gasteiger charge is -2.25. The molecule has 1 aliphatic heterocycles. The number of hydrogen-bond donors (Lipinski definition) is 2. The molecule has 1 aromatic carbocycles. The van der Waals surface area contributed by atoms with Gasteiger partial charge in [-0.2, -0.15) is 0 Å². The maximum Gasteiger partial charge on any atom is 0.251 e. The number of aliphatic hydroxyl groups is 1. The first-order chi connectivity index (χ1) is 11.6. The SMILES string of the molecule is CCC(=O)N1CCc2cc(C(=O)NCC3CCCC(O)C3)ccc21. The van der Waals surface area contributed by atoms with Gasteiger partial charge in [-0.25, -0.2) is 0 Å². The molecule has 2 unspecified atom stereocenters. The highest BCUT2D eigenvalue weighted by Crippen LogP contribution is 2.29. The first-order valence-corrected chi connectivity index (χ1v) is 8.98. The molecule has 0 radical (unpaired) electrons. The summed E-state index contributed by atoms with van der Waals surface area (Å²) in [5.41, 5.74) is 2.65. The van der Waals surface area contributed by atoms with Gasteiger partial charge in [0.25, 0.3) is 5.91 Å². The molecule has 2 atom stereocenters. The molecule has 2 N–H and O–H groups in total. The van der Waals surface area contributed by atoms with Gasteiger partial charge < -0.3 is 15.3 Å². The fourth-order valence-electron chi connectivity index (χ4n) is 3.78. The summed E-state index contributed by atoms with van der Waals surface area (Å²) < 4.78 is 0. The van der Waals surface area contributed by atoms with Gasteiger partial charge in [-0.3, -0.25) is 9.59 Å². The standard InChI is InChI=1S/C19H26N2O3/c1-2-18(23)21-9-8-14-11-15(6-7-17(14)21)19(24)20-12-13-4-3-5-16(22)10-13/h6-7,11,13,16,22H,2-5,8-10,12H2,1H3,(H,20,24). The van der Waals surface area contributed by atoms with E-state index in [0.717, 1.165) is 43.4 Å². The van der Waals surface area contributed by atoms with Crippen LogP contribution < -0.4 is 10.2 Å². The fraction of sp³-hybridized carbons (Fsp3) is 0.579. The Morgan fingerprint density at radius 2 is 2.17 bits per heavy atom. The Kier molecular flexibility index (Phi) is 5.19. The number of hydrogen-bond acceptors (Lipinski definition) is 3. The predicted octanol–water partition coefficient (Wildman–Crippen LogP) is 2.27. The molecule has 0 saturated heterocycles. The topological polar surface area (TPSA) is 69.6 Å². The molecule has 130 valence electrons. The average molecular weight is 330 g/mol. The molecule has 5 nitrogen and oxygen atoms in total.